The van der Waals surface area contributed by atoms with E-state index in [4.69, 9.17) is 16.0 Å². The Kier molecular flexibility index (Phi) is 3.14. The zero-order valence-corrected chi connectivity index (χ0v) is 7.97. The van der Waals surface area contributed by atoms with E-state index in [-0.39, 0.29) is 22.9 Å². The van der Waals surface area contributed by atoms with E-state index in [2.05, 4.69) is 11.9 Å². The van der Waals surface area contributed by atoms with Gasteiger partial charge in [-0.1, -0.05) is 6.08 Å². The molecule has 0 aliphatic heterocycles. The summed E-state index contributed by atoms with van der Waals surface area (Å²) in [6.45, 7) is 5.36. The van der Waals surface area contributed by atoms with E-state index in [0.29, 0.717) is 0 Å². The van der Waals surface area contributed by atoms with Crippen LogP contribution in [0.15, 0.2) is 29.2 Å². The van der Waals surface area contributed by atoms with Crippen molar-refractivity contribution in [3.8, 4) is 0 Å². The Labute approximate surface area is 81.4 Å². The number of amides is 1. The van der Waals surface area contributed by atoms with E-state index in [1.807, 2.05) is 6.92 Å². The highest BCUT2D eigenvalue weighted by atomic mass is 35.5. The number of hydrogen-bond acceptors (Lipinski definition) is 2. The van der Waals surface area contributed by atoms with E-state index in [9.17, 15) is 4.79 Å². The molecule has 0 aliphatic carbocycles. The molecule has 0 bridgehead atoms. The molecule has 0 aliphatic rings. The monoisotopic (exact) mass is 199 g/mol. The SMILES string of the molecule is C=CC(C)NC(=O)c1ccc(Cl)o1. The standard InChI is InChI=1S/C9H10ClNO2/c1-3-6(2)11-9(12)7-4-5-8(10)13-7/h3-6H,1H2,2H3,(H,11,12). The van der Waals surface area contributed by atoms with E-state index in [0.717, 1.165) is 0 Å². The van der Waals surface area contributed by atoms with Crippen LogP contribution in [0.5, 0.6) is 0 Å². The second-order valence-electron chi connectivity index (χ2n) is 2.60. The van der Waals surface area contributed by atoms with Crippen molar-refractivity contribution in [1.82, 2.24) is 5.32 Å². The van der Waals surface area contributed by atoms with Crippen LogP contribution in [0.2, 0.25) is 5.22 Å². The van der Waals surface area contributed by atoms with Crippen LogP contribution < -0.4 is 5.32 Å². The first-order chi connectivity index (χ1) is 6.13. The number of nitrogens with one attached hydrogen (secondary N) is 1. The fourth-order valence-electron chi connectivity index (χ4n) is 0.773. The molecule has 4 heteroatoms. The zero-order chi connectivity index (χ0) is 9.84. The summed E-state index contributed by atoms with van der Waals surface area (Å²) in [5.74, 6) is -0.0852. The molecular formula is C9H10ClNO2. The second kappa shape index (κ2) is 4.14. The number of rotatable bonds is 3. The van der Waals surface area contributed by atoms with Gasteiger partial charge in [0.2, 0.25) is 0 Å². The minimum absolute atomic E-state index is 0.0867. The molecule has 1 atom stereocenters. The van der Waals surface area contributed by atoms with E-state index in [1.54, 1.807) is 6.08 Å². The number of hydrogen-bond donors (Lipinski definition) is 1. The molecule has 0 spiro atoms. The topological polar surface area (TPSA) is 42.2 Å². The maximum absolute atomic E-state index is 11.3. The van der Waals surface area contributed by atoms with Crippen molar-refractivity contribution in [2.75, 3.05) is 0 Å². The van der Waals surface area contributed by atoms with Crippen molar-refractivity contribution in [3.05, 3.63) is 35.8 Å². The van der Waals surface area contributed by atoms with Crippen molar-refractivity contribution < 1.29 is 9.21 Å². The first-order valence-electron chi connectivity index (χ1n) is 3.82. The van der Waals surface area contributed by atoms with Gasteiger partial charge in [-0.05, 0) is 30.7 Å². The molecular weight excluding hydrogens is 190 g/mol. The minimum Gasteiger partial charge on any atom is -0.440 e. The molecule has 0 radical (unpaired) electrons. The first-order valence-corrected chi connectivity index (χ1v) is 4.20. The van der Waals surface area contributed by atoms with Gasteiger partial charge in [-0.15, -0.1) is 6.58 Å². The Balaban J connectivity index is 2.63. The van der Waals surface area contributed by atoms with Crippen molar-refractivity contribution in [3.63, 3.8) is 0 Å². The van der Waals surface area contributed by atoms with Gasteiger partial charge in [-0.3, -0.25) is 4.79 Å². The number of halogens is 1. The molecule has 1 unspecified atom stereocenters. The lowest BCUT2D eigenvalue weighted by molar-refractivity contribution is 0.0919. The van der Waals surface area contributed by atoms with Crippen molar-refractivity contribution in [2.45, 2.75) is 13.0 Å². The number of furan rings is 1. The molecule has 13 heavy (non-hydrogen) atoms. The molecule has 1 amide bonds. The Bertz CT molecular complexity index is 319. The molecule has 0 saturated carbocycles. The molecule has 1 aromatic heterocycles. The first kappa shape index (κ1) is 9.86. The highest BCUT2D eigenvalue weighted by molar-refractivity contribution is 6.29. The van der Waals surface area contributed by atoms with Gasteiger partial charge in [0.15, 0.2) is 11.0 Å². The van der Waals surface area contributed by atoms with Gasteiger partial charge in [0, 0.05) is 6.04 Å². The molecule has 70 valence electrons. The Morgan fingerprint density at radius 1 is 1.77 bits per heavy atom. The average Bonchev–Trinajstić information content (AvgIpc) is 2.51. The third-order valence-corrected chi connectivity index (χ3v) is 1.71. The van der Waals surface area contributed by atoms with E-state index >= 15 is 0 Å². The summed E-state index contributed by atoms with van der Waals surface area (Å²) in [4.78, 5) is 11.3. The van der Waals surface area contributed by atoms with Crippen LogP contribution >= 0.6 is 11.6 Å². The molecule has 0 fully saturated rings. The van der Waals surface area contributed by atoms with E-state index in [1.165, 1.54) is 12.1 Å². The highest BCUT2D eigenvalue weighted by Gasteiger charge is 2.11. The van der Waals surface area contributed by atoms with Gasteiger partial charge in [-0.2, -0.15) is 0 Å². The van der Waals surface area contributed by atoms with Gasteiger partial charge < -0.3 is 9.73 Å². The fraction of sp³-hybridized carbons (Fsp3) is 0.222. The lowest BCUT2D eigenvalue weighted by Gasteiger charge is -2.06. The summed E-state index contributed by atoms with van der Waals surface area (Å²) in [6, 6.07) is 2.96. The predicted molar refractivity (Wildman–Crippen MR) is 50.8 cm³/mol. The van der Waals surface area contributed by atoms with Crippen LogP contribution in [0.1, 0.15) is 17.5 Å². The van der Waals surface area contributed by atoms with Gasteiger partial charge in [-0.25, -0.2) is 0 Å². The summed E-state index contributed by atoms with van der Waals surface area (Å²) in [6.07, 6.45) is 1.63. The summed E-state index contributed by atoms with van der Waals surface area (Å²) in [5, 5.41) is 2.85. The van der Waals surface area contributed by atoms with E-state index < -0.39 is 0 Å². The third kappa shape index (κ3) is 2.63. The second-order valence-corrected chi connectivity index (χ2v) is 2.97. The molecule has 0 saturated heterocycles. The lowest BCUT2D eigenvalue weighted by Crippen LogP contribution is -2.30. The smallest absolute Gasteiger partial charge is 0.287 e. The van der Waals surface area contributed by atoms with Gasteiger partial charge >= 0.3 is 0 Å². The Hall–Kier alpha value is -1.22. The molecule has 1 heterocycles. The Morgan fingerprint density at radius 3 is 2.92 bits per heavy atom. The zero-order valence-electron chi connectivity index (χ0n) is 7.21. The molecule has 0 aromatic carbocycles. The van der Waals surface area contributed by atoms with Gasteiger partial charge in [0.25, 0.3) is 5.91 Å². The summed E-state index contributed by atoms with van der Waals surface area (Å²) in [7, 11) is 0. The number of carbonyl (C=O) groups is 1. The van der Waals surface area contributed by atoms with Crippen molar-refractivity contribution in [1.29, 1.82) is 0 Å². The predicted octanol–water partition coefficient (Wildman–Crippen LogP) is 2.24. The minimum atomic E-state index is -0.292. The summed E-state index contributed by atoms with van der Waals surface area (Å²) in [5.41, 5.74) is 0. The summed E-state index contributed by atoms with van der Waals surface area (Å²) < 4.78 is 4.91. The molecule has 1 rings (SSSR count). The van der Waals surface area contributed by atoms with Crippen LogP contribution in [0.4, 0.5) is 0 Å². The largest absolute Gasteiger partial charge is 0.440 e. The molecule has 1 aromatic rings. The van der Waals surface area contributed by atoms with Crippen molar-refractivity contribution >= 4 is 17.5 Å². The molecule has 1 N–H and O–H groups in total. The fourth-order valence-corrected chi connectivity index (χ4v) is 0.919. The van der Waals surface area contributed by atoms with Crippen LogP contribution in [-0.2, 0) is 0 Å². The highest BCUT2D eigenvalue weighted by Crippen LogP contribution is 2.12. The van der Waals surface area contributed by atoms with Crippen molar-refractivity contribution in [2.24, 2.45) is 0 Å². The molecule has 3 nitrogen and oxygen atoms in total. The van der Waals surface area contributed by atoms with Gasteiger partial charge in [0.1, 0.15) is 0 Å². The Morgan fingerprint density at radius 2 is 2.46 bits per heavy atom. The number of carbonyl (C=O) groups excluding carboxylic acids is 1. The maximum Gasteiger partial charge on any atom is 0.287 e. The lowest BCUT2D eigenvalue weighted by atomic mass is 10.3. The normalized spacial score (nSPS) is 12.2. The van der Waals surface area contributed by atoms with Crippen LogP contribution in [-0.4, -0.2) is 11.9 Å². The van der Waals surface area contributed by atoms with Crippen LogP contribution in [0.3, 0.4) is 0 Å². The quantitative estimate of drug-likeness (QED) is 0.759. The summed E-state index contributed by atoms with van der Waals surface area (Å²) >= 11 is 5.51. The van der Waals surface area contributed by atoms with Gasteiger partial charge in [0.05, 0.1) is 0 Å². The van der Waals surface area contributed by atoms with Crippen LogP contribution in [0, 0.1) is 0 Å². The maximum atomic E-state index is 11.3. The van der Waals surface area contributed by atoms with Crippen LogP contribution in [0.25, 0.3) is 0 Å². The third-order valence-electron chi connectivity index (χ3n) is 1.51. The average molecular weight is 200 g/mol.